The summed E-state index contributed by atoms with van der Waals surface area (Å²) in [5, 5.41) is 3.41. The first kappa shape index (κ1) is 20.7. The van der Waals surface area contributed by atoms with Crippen molar-refractivity contribution in [2.45, 2.75) is 33.3 Å². The zero-order valence-corrected chi connectivity index (χ0v) is 16.6. The molecule has 0 saturated carbocycles. The Labute approximate surface area is 158 Å². The van der Waals surface area contributed by atoms with Crippen LogP contribution in [0.25, 0.3) is 0 Å². The molecular formula is C21H35N3O2. The van der Waals surface area contributed by atoms with Crippen molar-refractivity contribution in [1.82, 2.24) is 10.2 Å². The van der Waals surface area contributed by atoms with Crippen LogP contribution >= 0.6 is 0 Å². The highest BCUT2D eigenvalue weighted by atomic mass is 16.5. The van der Waals surface area contributed by atoms with E-state index in [4.69, 9.17) is 9.47 Å². The predicted molar refractivity (Wildman–Crippen MR) is 107 cm³/mol. The lowest BCUT2D eigenvalue weighted by Crippen LogP contribution is -2.41. The van der Waals surface area contributed by atoms with Gasteiger partial charge in [-0.1, -0.05) is 44.2 Å². The van der Waals surface area contributed by atoms with Gasteiger partial charge >= 0.3 is 0 Å². The number of benzene rings is 1. The van der Waals surface area contributed by atoms with Crippen LogP contribution in [-0.2, 0) is 16.1 Å². The fraction of sp³-hybridized carbons (Fsp3) is 0.667. The summed E-state index contributed by atoms with van der Waals surface area (Å²) in [6, 6.07) is 10.4. The predicted octanol–water partition coefficient (Wildman–Crippen LogP) is 3.16. The summed E-state index contributed by atoms with van der Waals surface area (Å²) in [6.07, 6.45) is 2.27. The number of nitrogens with zero attached hydrogens (tertiary/aromatic N) is 2. The second-order valence-corrected chi connectivity index (χ2v) is 7.37. The summed E-state index contributed by atoms with van der Waals surface area (Å²) in [4.78, 5) is 6.74. The third-order valence-electron chi connectivity index (χ3n) is 4.63. The van der Waals surface area contributed by atoms with Crippen molar-refractivity contribution < 1.29 is 9.47 Å². The van der Waals surface area contributed by atoms with Crippen LogP contribution in [0, 0.1) is 11.8 Å². The van der Waals surface area contributed by atoms with Gasteiger partial charge in [-0.25, -0.2) is 0 Å². The Morgan fingerprint density at radius 3 is 2.77 bits per heavy atom. The van der Waals surface area contributed by atoms with Crippen LogP contribution in [0.2, 0.25) is 0 Å². The average molecular weight is 362 g/mol. The van der Waals surface area contributed by atoms with Gasteiger partial charge in [0.15, 0.2) is 5.96 Å². The lowest BCUT2D eigenvalue weighted by Gasteiger charge is -2.21. The molecule has 0 spiro atoms. The number of nitrogens with one attached hydrogen (secondary N) is 1. The molecule has 2 rings (SSSR count). The number of hydrogen-bond donors (Lipinski definition) is 1. The maximum absolute atomic E-state index is 5.90. The van der Waals surface area contributed by atoms with Crippen molar-refractivity contribution in [3.63, 3.8) is 0 Å². The lowest BCUT2D eigenvalue weighted by molar-refractivity contribution is 0.0906. The van der Waals surface area contributed by atoms with E-state index in [1.165, 1.54) is 5.56 Å². The molecule has 0 amide bonds. The number of rotatable bonds is 10. The van der Waals surface area contributed by atoms with Gasteiger partial charge in [0.25, 0.3) is 0 Å². The summed E-state index contributed by atoms with van der Waals surface area (Å²) < 4.78 is 11.6. The Hall–Kier alpha value is -1.59. The van der Waals surface area contributed by atoms with E-state index in [1.54, 1.807) is 0 Å². The van der Waals surface area contributed by atoms with Crippen LogP contribution in [0.3, 0.4) is 0 Å². The molecule has 0 aliphatic carbocycles. The van der Waals surface area contributed by atoms with E-state index >= 15 is 0 Å². The van der Waals surface area contributed by atoms with Crippen molar-refractivity contribution in [1.29, 1.82) is 0 Å². The second-order valence-electron chi connectivity index (χ2n) is 7.37. The highest BCUT2D eigenvalue weighted by Gasteiger charge is 2.24. The van der Waals surface area contributed by atoms with Gasteiger partial charge in [0, 0.05) is 39.2 Å². The van der Waals surface area contributed by atoms with Gasteiger partial charge in [-0.2, -0.15) is 0 Å². The van der Waals surface area contributed by atoms with Gasteiger partial charge in [0.1, 0.15) is 0 Å². The Balaban J connectivity index is 1.59. The van der Waals surface area contributed by atoms with E-state index in [0.29, 0.717) is 18.4 Å². The Kier molecular flexibility index (Phi) is 9.50. The first-order valence-electron chi connectivity index (χ1n) is 9.84. The minimum absolute atomic E-state index is 0.569. The van der Waals surface area contributed by atoms with E-state index in [2.05, 4.69) is 53.3 Å². The van der Waals surface area contributed by atoms with E-state index in [-0.39, 0.29) is 0 Å². The lowest BCUT2D eigenvalue weighted by atomic mass is 10.1. The Bertz CT molecular complexity index is 519. The minimum atomic E-state index is 0.569. The standard InChI is InChI=1S/C21H35N3O2/c1-18(2)10-13-25-14-11-23-21(22-3)24-12-9-20(15-24)17-26-16-19-7-5-4-6-8-19/h4-8,18,20H,9-17H2,1-3H3,(H,22,23). The third-order valence-corrected chi connectivity index (χ3v) is 4.63. The fourth-order valence-electron chi connectivity index (χ4n) is 3.07. The maximum Gasteiger partial charge on any atom is 0.193 e. The van der Waals surface area contributed by atoms with Crippen LogP contribution in [0.1, 0.15) is 32.3 Å². The molecule has 1 unspecified atom stereocenters. The van der Waals surface area contributed by atoms with Crippen LogP contribution in [0.4, 0.5) is 0 Å². The van der Waals surface area contributed by atoms with Crippen LogP contribution < -0.4 is 5.32 Å². The van der Waals surface area contributed by atoms with E-state index in [0.717, 1.165) is 58.3 Å². The highest BCUT2D eigenvalue weighted by Crippen LogP contribution is 2.17. The Morgan fingerprint density at radius 1 is 1.23 bits per heavy atom. The number of hydrogen-bond acceptors (Lipinski definition) is 3. The van der Waals surface area contributed by atoms with Crippen LogP contribution in [-0.4, -0.2) is 57.4 Å². The topological polar surface area (TPSA) is 46.1 Å². The van der Waals surface area contributed by atoms with Crippen molar-refractivity contribution in [3.05, 3.63) is 35.9 Å². The molecule has 5 nitrogen and oxygen atoms in total. The first-order valence-corrected chi connectivity index (χ1v) is 9.84. The van der Waals surface area contributed by atoms with Gasteiger partial charge in [-0.15, -0.1) is 0 Å². The van der Waals surface area contributed by atoms with E-state index in [1.807, 2.05) is 13.1 Å². The summed E-state index contributed by atoms with van der Waals surface area (Å²) in [7, 11) is 1.85. The molecule has 0 bridgehead atoms. The van der Waals surface area contributed by atoms with Gasteiger partial charge in [-0.3, -0.25) is 4.99 Å². The molecule has 0 radical (unpaired) electrons. The number of ether oxygens (including phenoxy) is 2. The minimum Gasteiger partial charge on any atom is -0.380 e. The molecule has 1 aromatic rings. The van der Waals surface area contributed by atoms with E-state index in [9.17, 15) is 0 Å². The molecule has 146 valence electrons. The molecule has 5 heteroatoms. The molecule has 1 saturated heterocycles. The number of aliphatic imine (C=N–C) groups is 1. The molecule has 1 N–H and O–H groups in total. The molecular weight excluding hydrogens is 326 g/mol. The van der Waals surface area contributed by atoms with Gasteiger partial charge in [0.2, 0.25) is 0 Å². The summed E-state index contributed by atoms with van der Waals surface area (Å²) in [5.41, 5.74) is 1.23. The normalized spacial score (nSPS) is 17.9. The Morgan fingerprint density at radius 2 is 2.04 bits per heavy atom. The third kappa shape index (κ3) is 7.75. The molecule has 1 aliphatic rings. The summed E-state index contributed by atoms with van der Waals surface area (Å²) in [5.74, 6) is 2.24. The number of guanidine groups is 1. The van der Waals surface area contributed by atoms with Crippen molar-refractivity contribution >= 4 is 5.96 Å². The monoisotopic (exact) mass is 361 g/mol. The molecule has 1 heterocycles. The highest BCUT2D eigenvalue weighted by molar-refractivity contribution is 5.80. The number of likely N-dealkylation sites (tertiary alicyclic amines) is 1. The summed E-state index contributed by atoms with van der Waals surface area (Å²) >= 11 is 0. The zero-order chi connectivity index (χ0) is 18.6. The quantitative estimate of drug-likeness (QED) is 0.395. The second kappa shape index (κ2) is 11.9. The molecule has 0 aromatic heterocycles. The molecule has 1 aromatic carbocycles. The zero-order valence-electron chi connectivity index (χ0n) is 16.6. The van der Waals surface area contributed by atoms with E-state index < -0.39 is 0 Å². The SMILES string of the molecule is CN=C(NCCOCCC(C)C)N1CCC(COCc2ccccc2)C1. The van der Waals surface area contributed by atoms with Gasteiger partial charge in [-0.05, 0) is 24.3 Å². The molecule has 1 fully saturated rings. The van der Waals surface area contributed by atoms with Crippen LogP contribution in [0.15, 0.2) is 35.3 Å². The van der Waals surface area contributed by atoms with Crippen molar-refractivity contribution in [2.75, 3.05) is 46.5 Å². The molecule has 26 heavy (non-hydrogen) atoms. The molecule has 1 atom stereocenters. The maximum atomic E-state index is 5.90. The largest absolute Gasteiger partial charge is 0.380 e. The first-order chi connectivity index (χ1) is 12.7. The molecule has 1 aliphatic heterocycles. The van der Waals surface area contributed by atoms with Crippen molar-refractivity contribution in [3.8, 4) is 0 Å². The van der Waals surface area contributed by atoms with Gasteiger partial charge < -0.3 is 19.7 Å². The van der Waals surface area contributed by atoms with Gasteiger partial charge in [0.05, 0.1) is 19.8 Å². The van der Waals surface area contributed by atoms with Crippen molar-refractivity contribution in [2.24, 2.45) is 16.8 Å². The summed E-state index contributed by atoms with van der Waals surface area (Å²) in [6.45, 7) is 10.3. The average Bonchev–Trinajstić information content (AvgIpc) is 3.10. The van der Waals surface area contributed by atoms with Crippen LogP contribution in [0.5, 0.6) is 0 Å². The fourth-order valence-corrected chi connectivity index (χ4v) is 3.07. The smallest absolute Gasteiger partial charge is 0.193 e.